The molecule has 118 valence electrons. The van der Waals surface area contributed by atoms with E-state index >= 15 is 0 Å². The Morgan fingerprint density at radius 2 is 2.05 bits per heavy atom. The standard InChI is InChI=1S/C14H19F3N2OS/c1-9(2)21-7-3-4-13(20)19-10-5-6-12(18)11(8-10)14(15,16)17/h5-6,8-9H,3-4,7,18H2,1-2H3,(H,19,20). The van der Waals surface area contributed by atoms with Gasteiger partial charge in [-0.2, -0.15) is 24.9 Å². The van der Waals surface area contributed by atoms with Crippen LogP contribution in [-0.4, -0.2) is 16.9 Å². The minimum Gasteiger partial charge on any atom is -0.398 e. The lowest BCUT2D eigenvalue weighted by Gasteiger charge is -2.12. The number of nitrogens with two attached hydrogens (primary N) is 1. The third kappa shape index (κ3) is 6.29. The number of rotatable bonds is 6. The first-order valence-corrected chi connectivity index (χ1v) is 7.63. The summed E-state index contributed by atoms with van der Waals surface area (Å²) < 4.78 is 38.1. The van der Waals surface area contributed by atoms with Crippen molar-refractivity contribution in [2.24, 2.45) is 0 Å². The molecule has 0 atom stereocenters. The first-order valence-electron chi connectivity index (χ1n) is 6.58. The summed E-state index contributed by atoms with van der Waals surface area (Å²) in [6, 6.07) is 3.37. The fourth-order valence-corrected chi connectivity index (χ4v) is 2.44. The monoisotopic (exact) mass is 320 g/mol. The number of alkyl halides is 3. The van der Waals surface area contributed by atoms with Gasteiger partial charge in [-0.05, 0) is 35.6 Å². The van der Waals surface area contributed by atoms with Crippen molar-refractivity contribution in [3.05, 3.63) is 23.8 Å². The topological polar surface area (TPSA) is 55.1 Å². The largest absolute Gasteiger partial charge is 0.418 e. The highest BCUT2D eigenvalue weighted by molar-refractivity contribution is 7.99. The van der Waals surface area contributed by atoms with Crippen LogP contribution in [0.25, 0.3) is 0 Å². The molecule has 21 heavy (non-hydrogen) atoms. The molecule has 1 rings (SSSR count). The van der Waals surface area contributed by atoms with E-state index in [-0.39, 0.29) is 23.7 Å². The van der Waals surface area contributed by atoms with E-state index in [2.05, 4.69) is 19.2 Å². The summed E-state index contributed by atoms with van der Waals surface area (Å²) in [6.07, 6.45) is -3.56. The minimum atomic E-state index is -4.53. The van der Waals surface area contributed by atoms with Crippen molar-refractivity contribution in [3.8, 4) is 0 Å². The van der Waals surface area contributed by atoms with Gasteiger partial charge < -0.3 is 11.1 Å². The van der Waals surface area contributed by atoms with Crippen molar-refractivity contribution in [2.75, 3.05) is 16.8 Å². The number of hydrogen-bond donors (Lipinski definition) is 2. The van der Waals surface area contributed by atoms with E-state index in [0.29, 0.717) is 11.7 Å². The highest BCUT2D eigenvalue weighted by atomic mass is 32.2. The third-order valence-corrected chi connectivity index (χ3v) is 3.83. The van der Waals surface area contributed by atoms with Crippen LogP contribution < -0.4 is 11.1 Å². The maximum absolute atomic E-state index is 12.7. The van der Waals surface area contributed by atoms with Crippen LogP contribution in [0.5, 0.6) is 0 Å². The Hall–Kier alpha value is -1.37. The molecule has 0 aliphatic heterocycles. The summed E-state index contributed by atoms with van der Waals surface area (Å²) in [7, 11) is 0. The number of hydrogen-bond acceptors (Lipinski definition) is 3. The smallest absolute Gasteiger partial charge is 0.398 e. The second-order valence-electron chi connectivity index (χ2n) is 4.87. The number of halogens is 3. The Labute approximate surface area is 126 Å². The zero-order valence-corrected chi connectivity index (χ0v) is 12.8. The van der Waals surface area contributed by atoms with E-state index in [1.165, 1.54) is 6.07 Å². The first kappa shape index (κ1) is 17.7. The van der Waals surface area contributed by atoms with E-state index in [1.54, 1.807) is 11.8 Å². The van der Waals surface area contributed by atoms with Crippen LogP contribution in [-0.2, 0) is 11.0 Å². The third-order valence-electron chi connectivity index (χ3n) is 2.64. The number of benzene rings is 1. The number of anilines is 2. The van der Waals surface area contributed by atoms with Crippen LogP contribution in [0.15, 0.2) is 18.2 Å². The van der Waals surface area contributed by atoms with Crippen molar-refractivity contribution in [1.29, 1.82) is 0 Å². The van der Waals surface area contributed by atoms with Crippen molar-refractivity contribution >= 4 is 29.0 Å². The molecule has 1 aromatic carbocycles. The van der Waals surface area contributed by atoms with Gasteiger partial charge in [0.25, 0.3) is 0 Å². The van der Waals surface area contributed by atoms with Gasteiger partial charge in [0.15, 0.2) is 0 Å². The lowest BCUT2D eigenvalue weighted by Crippen LogP contribution is -2.14. The molecule has 0 saturated heterocycles. The van der Waals surface area contributed by atoms with Crippen LogP contribution in [0.2, 0.25) is 0 Å². The van der Waals surface area contributed by atoms with Crippen molar-refractivity contribution in [1.82, 2.24) is 0 Å². The summed E-state index contributed by atoms with van der Waals surface area (Å²) in [5, 5.41) is 2.97. The molecule has 3 nitrogen and oxygen atoms in total. The fourth-order valence-electron chi connectivity index (χ4n) is 1.65. The SMILES string of the molecule is CC(C)SCCCC(=O)Nc1ccc(N)c(C(F)(F)F)c1. The van der Waals surface area contributed by atoms with Gasteiger partial charge in [-0.3, -0.25) is 4.79 Å². The highest BCUT2D eigenvalue weighted by Crippen LogP contribution is 2.35. The molecule has 1 amide bonds. The fraction of sp³-hybridized carbons (Fsp3) is 0.500. The normalized spacial score (nSPS) is 11.7. The Morgan fingerprint density at radius 3 is 2.62 bits per heavy atom. The molecule has 3 N–H and O–H groups in total. The van der Waals surface area contributed by atoms with Crippen molar-refractivity contribution in [2.45, 2.75) is 38.1 Å². The quantitative estimate of drug-likeness (QED) is 0.611. The Morgan fingerprint density at radius 1 is 1.38 bits per heavy atom. The summed E-state index contributed by atoms with van der Waals surface area (Å²) in [6.45, 7) is 4.13. The van der Waals surface area contributed by atoms with Crippen molar-refractivity contribution in [3.63, 3.8) is 0 Å². The summed E-state index contributed by atoms with van der Waals surface area (Å²) in [5.74, 6) is 0.554. The van der Waals surface area contributed by atoms with E-state index in [9.17, 15) is 18.0 Å². The minimum absolute atomic E-state index is 0.109. The molecule has 0 spiro atoms. The van der Waals surface area contributed by atoms with Gasteiger partial charge >= 0.3 is 6.18 Å². The lowest BCUT2D eigenvalue weighted by atomic mass is 10.1. The second-order valence-corrected chi connectivity index (χ2v) is 6.56. The van der Waals surface area contributed by atoms with Crippen molar-refractivity contribution < 1.29 is 18.0 Å². The second kappa shape index (κ2) is 7.59. The zero-order valence-electron chi connectivity index (χ0n) is 12.0. The average molecular weight is 320 g/mol. The maximum Gasteiger partial charge on any atom is 0.418 e. The summed E-state index contributed by atoms with van der Waals surface area (Å²) >= 11 is 1.74. The van der Waals surface area contributed by atoms with Gasteiger partial charge in [-0.1, -0.05) is 13.8 Å². The van der Waals surface area contributed by atoms with Crippen LogP contribution in [0.1, 0.15) is 32.3 Å². The van der Waals surface area contributed by atoms with E-state index < -0.39 is 11.7 Å². The Balaban J connectivity index is 2.57. The number of thioether (sulfide) groups is 1. The molecule has 0 aliphatic rings. The number of carbonyl (C=O) groups is 1. The molecule has 0 radical (unpaired) electrons. The Bertz CT molecular complexity index is 490. The predicted octanol–water partition coefficient (Wildman–Crippen LogP) is 4.15. The summed E-state index contributed by atoms with van der Waals surface area (Å²) in [4.78, 5) is 11.7. The molecule has 0 fully saturated rings. The Kier molecular flexibility index (Phi) is 6.39. The molecule has 1 aromatic rings. The highest BCUT2D eigenvalue weighted by Gasteiger charge is 2.33. The number of nitrogens with one attached hydrogen (secondary N) is 1. The van der Waals surface area contributed by atoms with Crippen LogP contribution in [0.4, 0.5) is 24.5 Å². The zero-order chi connectivity index (χ0) is 16.0. The number of amides is 1. The number of nitrogen functional groups attached to an aromatic ring is 1. The number of carbonyl (C=O) groups excluding carboxylic acids is 1. The lowest BCUT2D eigenvalue weighted by molar-refractivity contribution is -0.136. The van der Waals surface area contributed by atoms with Crippen LogP contribution in [0, 0.1) is 0 Å². The molecule has 0 bridgehead atoms. The van der Waals surface area contributed by atoms with Gasteiger partial charge in [-0.15, -0.1) is 0 Å². The van der Waals surface area contributed by atoms with Gasteiger partial charge in [0, 0.05) is 17.8 Å². The molecular weight excluding hydrogens is 301 g/mol. The molecule has 0 saturated carbocycles. The predicted molar refractivity (Wildman–Crippen MR) is 81.3 cm³/mol. The van der Waals surface area contributed by atoms with E-state index in [4.69, 9.17) is 5.73 Å². The molecule has 0 aliphatic carbocycles. The van der Waals surface area contributed by atoms with Gasteiger partial charge in [0.05, 0.1) is 5.56 Å². The summed E-state index contributed by atoms with van der Waals surface area (Å²) in [5.41, 5.74) is 4.12. The van der Waals surface area contributed by atoms with Crippen LogP contribution >= 0.6 is 11.8 Å². The molecule has 0 aromatic heterocycles. The van der Waals surface area contributed by atoms with Gasteiger partial charge in [-0.25, -0.2) is 0 Å². The molecule has 0 heterocycles. The molecular formula is C14H19F3N2OS. The molecule has 7 heteroatoms. The van der Waals surface area contributed by atoms with Gasteiger partial charge in [0.2, 0.25) is 5.91 Å². The average Bonchev–Trinajstić information content (AvgIpc) is 2.35. The first-order chi connectivity index (χ1) is 9.70. The van der Waals surface area contributed by atoms with Gasteiger partial charge in [0.1, 0.15) is 0 Å². The van der Waals surface area contributed by atoms with Crippen LogP contribution in [0.3, 0.4) is 0 Å². The molecule has 0 unspecified atom stereocenters. The van der Waals surface area contributed by atoms with E-state index in [1.807, 2.05) is 0 Å². The maximum atomic E-state index is 12.7. The van der Waals surface area contributed by atoms with E-state index in [0.717, 1.165) is 17.9 Å².